The number of carbonyl (C=O) groups is 3. The highest BCUT2D eigenvalue weighted by Gasteiger charge is 2.42. The van der Waals surface area contributed by atoms with Crippen LogP contribution in [0.15, 0.2) is 72.8 Å². The van der Waals surface area contributed by atoms with Gasteiger partial charge in [0.15, 0.2) is 0 Å². The monoisotopic (exact) mass is 1230 g/mol. The maximum Gasteiger partial charge on any atom is 0.412 e. The van der Waals surface area contributed by atoms with Crippen molar-refractivity contribution in [1.82, 2.24) is 26.2 Å². The first-order valence-corrected chi connectivity index (χ1v) is 32.1. The molecule has 2 heterocycles. The second kappa shape index (κ2) is 37.1. The number of non-ortho nitro benzene ring substituents is 1. The number of ether oxygens (including phenoxy) is 4. The topological polar surface area (TPSA) is 249 Å². The Balaban J connectivity index is 0.000000239. The molecule has 2 saturated carbocycles. The van der Waals surface area contributed by atoms with Gasteiger partial charge in [-0.2, -0.15) is 0 Å². The van der Waals surface area contributed by atoms with E-state index in [2.05, 4.69) is 21.3 Å². The standard InChI is InChI=1S/C27H44ClN3O3.C21H31N3O6.C17H26ClNO2/c1-34-16-6-5-14-27(33,22-11-7-13-24(28)18-22)23-12-8-15-31(20-23)26(32)30-19-25(29)17-21-9-3-2-4-10-21;1-21(2,3)30-20(26)23-16(13-15-7-5-4-6-8-15)14-22-19(25)29-18-11-9-17(10-12-18)24(27)28;1-21-11-3-2-9-17(20,15-7-5-10-19-13-15)14-6-4-8-16(18)12-14/h7,11,13,18,21,23,25,33H,2-6,8-10,12,14-17,19-20,29H2,1H3,(H,30,32);9-12,15-16H,4-8,13-14H2,1-3H3,(H,22,25)(H,23,26);4,6,8,12,15,19-20H,2-3,5,7,9-11,13H2,1H3/t23-,25+,27-;16-;15-,17-/m101/s1. The number of methoxy groups -OCH3 is 2. The van der Waals surface area contributed by atoms with Crippen LogP contribution in [0.3, 0.4) is 0 Å². The minimum Gasteiger partial charge on any atom is -0.444 e. The van der Waals surface area contributed by atoms with Crippen molar-refractivity contribution < 1.29 is 48.5 Å². The summed E-state index contributed by atoms with van der Waals surface area (Å²) in [5, 5.41) is 47.3. The number of piperidine rings is 2. The molecule has 4 fully saturated rings. The fourth-order valence-corrected chi connectivity index (χ4v) is 12.9. The minimum atomic E-state index is -1.03. The summed E-state index contributed by atoms with van der Waals surface area (Å²) in [5.41, 5.74) is 5.60. The molecule has 18 nitrogen and oxygen atoms in total. The summed E-state index contributed by atoms with van der Waals surface area (Å²) in [5.74, 6) is 1.58. The van der Waals surface area contributed by atoms with E-state index >= 15 is 0 Å². The maximum absolute atomic E-state index is 13.0. The first-order valence-electron chi connectivity index (χ1n) is 31.3. The van der Waals surface area contributed by atoms with Crippen LogP contribution in [-0.2, 0) is 25.4 Å². The number of hydrogen-bond acceptors (Lipinski definition) is 13. The lowest BCUT2D eigenvalue weighted by Crippen LogP contribution is -2.52. The molecule has 20 heteroatoms. The van der Waals surface area contributed by atoms with Crippen molar-refractivity contribution in [3.8, 4) is 5.75 Å². The van der Waals surface area contributed by atoms with Gasteiger partial charge in [0.25, 0.3) is 5.69 Å². The number of nitro groups is 1. The molecule has 0 bridgehead atoms. The molecular weight excluding hydrogens is 1130 g/mol. The second-order valence-electron chi connectivity index (χ2n) is 24.9. The molecular formula is C65H101Cl2N7O11. The SMILES string of the molecule is CC(C)(C)OC(=O)N[C@H](CNC(=O)Oc1ccc([N+](=O)[O-])cc1)CC1CCCCC1.COCCCC[C@@](O)(c1cccc(Cl)c1)[C@@H]1CCCN(C(=O)NC[C@@H](N)CC2CCCCC2)C1.COCCCC[C@@](O)(c1cccc(Cl)c1)[C@@H]1CCCNC1. The van der Waals surface area contributed by atoms with E-state index in [1.54, 1.807) is 35.0 Å². The molecule has 0 aromatic heterocycles. The van der Waals surface area contributed by atoms with E-state index in [0.29, 0.717) is 54.5 Å². The average molecular weight is 1230 g/mol. The number of urea groups is 1. The Morgan fingerprint density at radius 2 is 1.27 bits per heavy atom. The van der Waals surface area contributed by atoms with Crippen LogP contribution in [0.4, 0.5) is 20.1 Å². The Hall–Kier alpha value is -4.79. The molecule has 2 aliphatic carbocycles. The Kier molecular flexibility index (Phi) is 31.0. The van der Waals surface area contributed by atoms with Gasteiger partial charge in [-0.1, -0.05) is 112 Å². The number of nitrogens with zero attached hydrogens (tertiary/aromatic N) is 2. The number of rotatable bonds is 25. The lowest BCUT2D eigenvalue weighted by atomic mass is 9.74. The number of unbranched alkanes of at least 4 members (excludes halogenated alkanes) is 2. The zero-order chi connectivity index (χ0) is 61.7. The van der Waals surface area contributed by atoms with Crippen molar-refractivity contribution in [2.75, 3.05) is 66.7 Å². The lowest BCUT2D eigenvalue weighted by molar-refractivity contribution is -0.384. The van der Waals surface area contributed by atoms with Crippen LogP contribution in [0.5, 0.6) is 5.75 Å². The van der Waals surface area contributed by atoms with E-state index in [9.17, 15) is 34.7 Å². The molecule has 3 aromatic rings. The number of hydrogen-bond donors (Lipinski definition) is 7. The zero-order valence-corrected chi connectivity index (χ0v) is 52.9. The van der Waals surface area contributed by atoms with Crippen LogP contribution < -0.4 is 31.7 Å². The van der Waals surface area contributed by atoms with E-state index in [-0.39, 0.29) is 47.9 Å². The summed E-state index contributed by atoms with van der Waals surface area (Å²) < 4.78 is 20.8. The fourth-order valence-electron chi connectivity index (χ4n) is 12.5. The number of halogens is 2. The van der Waals surface area contributed by atoms with Crippen molar-refractivity contribution >= 4 is 47.1 Å². The van der Waals surface area contributed by atoms with Gasteiger partial charge in [-0.15, -0.1) is 0 Å². The van der Waals surface area contributed by atoms with Crippen molar-refractivity contribution in [3.63, 3.8) is 0 Å². The minimum absolute atomic E-state index is 0.00295. The van der Waals surface area contributed by atoms with Crippen LogP contribution in [0.25, 0.3) is 0 Å². The molecule has 8 N–H and O–H groups in total. The molecule has 476 valence electrons. The van der Waals surface area contributed by atoms with Crippen molar-refractivity contribution in [3.05, 3.63) is 104 Å². The molecule has 4 aliphatic rings. The summed E-state index contributed by atoms with van der Waals surface area (Å²) in [6.07, 6.45) is 21.8. The van der Waals surface area contributed by atoms with E-state index in [0.717, 1.165) is 114 Å². The van der Waals surface area contributed by atoms with Crippen LogP contribution in [0.2, 0.25) is 10.0 Å². The second-order valence-corrected chi connectivity index (χ2v) is 25.8. The smallest absolute Gasteiger partial charge is 0.412 e. The Morgan fingerprint density at radius 3 is 1.79 bits per heavy atom. The predicted molar refractivity (Wildman–Crippen MR) is 336 cm³/mol. The first-order chi connectivity index (χ1) is 40.7. The van der Waals surface area contributed by atoms with Crippen molar-refractivity contribution in [1.29, 1.82) is 0 Å². The highest BCUT2D eigenvalue weighted by molar-refractivity contribution is 6.30. The molecule has 0 spiro atoms. The van der Waals surface area contributed by atoms with Gasteiger partial charge in [0, 0.05) is 106 Å². The molecule has 0 unspecified atom stereocenters. The van der Waals surface area contributed by atoms with Crippen LogP contribution in [0, 0.1) is 33.8 Å². The van der Waals surface area contributed by atoms with Gasteiger partial charge in [-0.05, 0) is 164 Å². The number of amides is 4. The van der Waals surface area contributed by atoms with E-state index in [1.807, 2.05) is 53.4 Å². The molecule has 2 saturated heterocycles. The van der Waals surface area contributed by atoms with Crippen LogP contribution >= 0.6 is 23.2 Å². The fraction of sp³-hybridized carbons (Fsp3) is 0.677. The molecule has 7 rings (SSSR count). The molecule has 3 aromatic carbocycles. The van der Waals surface area contributed by atoms with E-state index < -0.39 is 33.9 Å². The zero-order valence-electron chi connectivity index (χ0n) is 51.4. The van der Waals surface area contributed by atoms with Gasteiger partial charge in [0.1, 0.15) is 11.4 Å². The van der Waals surface area contributed by atoms with Crippen molar-refractivity contribution in [2.45, 2.75) is 191 Å². The third-order valence-corrected chi connectivity index (χ3v) is 17.5. The van der Waals surface area contributed by atoms with Gasteiger partial charge in [0.05, 0.1) is 16.1 Å². The van der Waals surface area contributed by atoms with E-state index in [4.69, 9.17) is 47.9 Å². The third-order valence-electron chi connectivity index (χ3n) is 17.0. The quantitative estimate of drug-likeness (QED) is 0.0237. The first kappa shape index (κ1) is 71.0. The largest absolute Gasteiger partial charge is 0.444 e. The van der Waals surface area contributed by atoms with Crippen LogP contribution in [-0.4, -0.2) is 123 Å². The van der Waals surface area contributed by atoms with Gasteiger partial charge in [-0.25, -0.2) is 14.4 Å². The predicted octanol–water partition coefficient (Wildman–Crippen LogP) is 13.0. The van der Waals surface area contributed by atoms with Gasteiger partial charge >= 0.3 is 18.2 Å². The molecule has 4 amide bonds. The normalized spacial score (nSPS) is 19.9. The molecule has 0 radical (unpaired) electrons. The Bertz CT molecular complexity index is 2440. The number of benzene rings is 3. The number of alkyl carbamates (subject to hydrolysis) is 1. The summed E-state index contributed by atoms with van der Waals surface area (Å²) in [6.45, 7) is 10.6. The maximum atomic E-state index is 13.0. The number of nitrogens with two attached hydrogens (primary N) is 1. The average Bonchev–Trinajstić information content (AvgIpc) is 2.86. The van der Waals surface area contributed by atoms with Crippen molar-refractivity contribution in [2.24, 2.45) is 29.4 Å². The van der Waals surface area contributed by atoms with Gasteiger partial charge < -0.3 is 61.1 Å². The number of nitrogens with one attached hydrogen (secondary N) is 4. The number of carbonyl (C=O) groups excluding carboxylic acids is 3. The number of likely N-dealkylation sites (tertiary alicyclic amines) is 1. The lowest BCUT2D eigenvalue weighted by Gasteiger charge is -2.43. The summed E-state index contributed by atoms with van der Waals surface area (Å²) in [7, 11) is 3.41. The highest BCUT2D eigenvalue weighted by Crippen LogP contribution is 2.42. The van der Waals surface area contributed by atoms with Crippen LogP contribution in [0.1, 0.15) is 173 Å². The number of aliphatic hydroxyl groups is 2. The Labute approximate surface area is 516 Å². The number of nitro benzene ring substituents is 1. The Morgan fingerprint density at radius 1 is 0.718 bits per heavy atom. The van der Waals surface area contributed by atoms with Gasteiger partial charge in [-0.3, -0.25) is 10.1 Å². The highest BCUT2D eigenvalue weighted by atomic mass is 35.5. The third kappa shape index (κ3) is 25.5. The summed E-state index contributed by atoms with van der Waals surface area (Å²) in [4.78, 5) is 49.3. The molecule has 2 aliphatic heterocycles. The summed E-state index contributed by atoms with van der Waals surface area (Å²) in [6, 6.07) is 20.1. The van der Waals surface area contributed by atoms with Gasteiger partial charge in [0.2, 0.25) is 0 Å². The molecule has 6 atom stereocenters. The van der Waals surface area contributed by atoms with E-state index in [1.165, 1.54) is 75.6 Å². The summed E-state index contributed by atoms with van der Waals surface area (Å²) >= 11 is 12.4. The molecule has 85 heavy (non-hydrogen) atoms.